The van der Waals surface area contributed by atoms with E-state index in [2.05, 4.69) is 25.1 Å². The molecule has 1 fully saturated rings. The lowest BCUT2D eigenvalue weighted by molar-refractivity contribution is 0.186. The van der Waals surface area contributed by atoms with Crippen LogP contribution in [0.2, 0.25) is 10.0 Å². The molecule has 1 saturated heterocycles. The predicted molar refractivity (Wildman–Crippen MR) is 131 cm³/mol. The molecule has 3 aromatic heterocycles. The van der Waals surface area contributed by atoms with Crippen molar-refractivity contribution >= 4 is 51.9 Å². The number of pyridine rings is 1. The third-order valence-electron chi connectivity index (χ3n) is 6.84. The molecule has 1 spiro atoms. The van der Waals surface area contributed by atoms with E-state index in [4.69, 9.17) is 33.9 Å². The molecule has 33 heavy (non-hydrogen) atoms. The quantitative estimate of drug-likeness (QED) is 0.408. The van der Waals surface area contributed by atoms with Crippen LogP contribution < -0.4 is 10.6 Å². The third-order valence-corrected chi connectivity index (χ3v) is 8.54. The van der Waals surface area contributed by atoms with Gasteiger partial charge in [-0.3, -0.25) is 10.1 Å². The summed E-state index contributed by atoms with van der Waals surface area (Å²) in [5, 5.41) is 9.54. The van der Waals surface area contributed by atoms with E-state index in [1.54, 1.807) is 6.20 Å². The van der Waals surface area contributed by atoms with E-state index < -0.39 is 0 Å². The normalized spacial score (nSPS) is 19.4. The average molecular weight is 498 g/mol. The van der Waals surface area contributed by atoms with Crippen LogP contribution in [0.25, 0.3) is 11.2 Å². The summed E-state index contributed by atoms with van der Waals surface area (Å²) in [5.41, 5.74) is 10.3. The molecule has 7 nitrogen and oxygen atoms in total. The van der Waals surface area contributed by atoms with Gasteiger partial charge in [-0.15, -0.1) is 0 Å². The van der Waals surface area contributed by atoms with Gasteiger partial charge in [0.25, 0.3) is 0 Å². The smallest absolute Gasteiger partial charge is 0.177 e. The second kappa shape index (κ2) is 8.13. The maximum atomic E-state index is 6.69. The van der Waals surface area contributed by atoms with Crippen molar-refractivity contribution in [3.8, 4) is 0 Å². The molecule has 0 amide bonds. The van der Waals surface area contributed by atoms with Gasteiger partial charge >= 0.3 is 0 Å². The molecule has 1 aliphatic carbocycles. The Kier molecular flexibility index (Phi) is 5.21. The monoisotopic (exact) mass is 497 g/mol. The maximum Gasteiger partial charge on any atom is 0.177 e. The van der Waals surface area contributed by atoms with Crippen molar-refractivity contribution in [2.24, 2.45) is 11.1 Å². The van der Waals surface area contributed by atoms with Gasteiger partial charge in [0, 0.05) is 35.9 Å². The summed E-state index contributed by atoms with van der Waals surface area (Å²) in [7, 11) is 0. The minimum absolute atomic E-state index is 0.0286. The Morgan fingerprint density at radius 3 is 2.76 bits per heavy atom. The summed E-state index contributed by atoms with van der Waals surface area (Å²) >= 11 is 13.9. The number of nitrogens with one attached hydrogen (secondary N) is 1. The van der Waals surface area contributed by atoms with Crippen LogP contribution in [0.5, 0.6) is 0 Å². The van der Waals surface area contributed by atoms with Gasteiger partial charge in [-0.25, -0.2) is 9.97 Å². The Balaban J connectivity index is 1.19. The number of piperidine rings is 1. The molecule has 4 heterocycles. The number of anilines is 1. The van der Waals surface area contributed by atoms with Gasteiger partial charge < -0.3 is 10.6 Å². The molecule has 6 rings (SSSR count). The van der Waals surface area contributed by atoms with Gasteiger partial charge in [-0.05, 0) is 48.4 Å². The largest absolute Gasteiger partial charge is 0.355 e. The third kappa shape index (κ3) is 3.65. The summed E-state index contributed by atoms with van der Waals surface area (Å²) in [6.07, 6.45) is 6.39. The van der Waals surface area contributed by atoms with E-state index in [9.17, 15) is 0 Å². The predicted octanol–water partition coefficient (Wildman–Crippen LogP) is 5.05. The fourth-order valence-electron chi connectivity index (χ4n) is 4.97. The molecule has 0 saturated carbocycles. The summed E-state index contributed by atoms with van der Waals surface area (Å²) in [6, 6.07) is 9.64. The first-order valence-corrected chi connectivity index (χ1v) is 12.4. The average Bonchev–Trinajstić information content (AvgIpc) is 3.34. The molecule has 0 bridgehead atoms. The van der Waals surface area contributed by atoms with Gasteiger partial charge in [0.15, 0.2) is 10.7 Å². The number of fused-ring (bicyclic) bond motifs is 2. The Hall–Kier alpha value is -2.39. The van der Waals surface area contributed by atoms with Crippen LogP contribution in [0.1, 0.15) is 30.1 Å². The van der Waals surface area contributed by atoms with Gasteiger partial charge in [0.2, 0.25) is 0 Å². The Morgan fingerprint density at radius 1 is 1.12 bits per heavy atom. The molecular weight excluding hydrogens is 477 g/mol. The van der Waals surface area contributed by atoms with Crippen molar-refractivity contribution in [3.63, 3.8) is 0 Å². The van der Waals surface area contributed by atoms with Crippen molar-refractivity contribution in [1.29, 1.82) is 0 Å². The maximum absolute atomic E-state index is 6.69. The summed E-state index contributed by atoms with van der Waals surface area (Å²) in [5.74, 6) is 0.848. The van der Waals surface area contributed by atoms with Crippen molar-refractivity contribution in [1.82, 2.24) is 25.1 Å². The number of benzene rings is 1. The molecule has 10 heteroatoms. The highest BCUT2D eigenvalue weighted by Gasteiger charge is 2.46. The first kappa shape index (κ1) is 21.2. The van der Waals surface area contributed by atoms with E-state index in [1.165, 1.54) is 11.8 Å². The minimum Gasteiger partial charge on any atom is -0.355 e. The Bertz CT molecular complexity index is 1350. The molecule has 1 atom stereocenters. The summed E-state index contributed by atoms with van der Waals surface area (Å²) in [6.45, 7) is 1.73. The molecular formula is C23H21Cl2N7S. The lowest BCUT2D eigenvalue weighted by atomic mass is 9.73. The SMILES string of the molecule is N[C@@H]1c2cc(Cl)cnc2CC12CCN(c1cnc3c(Sc4ccccc4Cl)n[nH]c3n1)CC2. The fraction of sp³-hybridized carbons (Fsp3) is 0.304. The standard InChI is InChI=1S/C23H21Cl2N7S/c24-13-9-14-16(27-11-13)10-23(20(14)26)5-7-32(8-6-23)18-12-28-19-21(29-18)30-31-22(19)33-17-4-2-1-3-15(17)25/h1-4,9,11-12,20H,5-8,10,26H2,(H,29,30,31)/t20-/m1/s1. The van der Waals surface area contributed by atoms with E-state index in [1.807, 2.05) is 36.5 Å². The number of nitrogens with two attached hydrogens (primary N) is 1. The number of hydrogen-bond donors (Lipinski definition) is 2. The fourth-order valence-corrected chi connectivity index (χ4v) is 6.24. The van der Waals surface area contributed by atoms with Crippen molar-refractivity contribution in [2.75, 3.05) is 18.0 Å². The van der Waals surface area contributed by atoms with E-state index in [0.29, 0.717) is 15.7 Å². The number of H-pyrrole nitrogens is 1. The zero-order valence-electron chi connectivity index (χ0n) is 17.6. The zero-order valence-corrected chi connectivity index (χ0v) is 20.0. The first-order chi connectivity index (χ1) is 16.0. The van der Waals surface area contributed by atoms with E-state index in [-0.39, 0.29) is 11.5 Å². The Labute approximate surface area is 205 Å². The molecule has 2 aliphatic rings. The van der Waals surface area contributed by atoms with Crippen molar-refractivity contribution < 1.29 is 0 Å². The molecule has 0 unspecified atom stereocenters. The van der Waals surface area contributed by atoms with Gasteiger partial charge in [0.05, 0.1) is 16.2 Å². The van der Waals surface area contributed by atoms with Crippen LogP contribution >= 0.6 is 35.0 Å². The molecule has 1 aromatic carbocycles. The number of aromatic amines is 1. The summed E-state index contributed by atoms with van der Waals surface area (Å²) in [4.78, 5) is 17.2. The van der Waals surface area contributed by atoms with Crippen molar-refractivity contribution in [2.45, 2.75) is 35.2 Å². The van der Waals surface area contributed by atoms with Gasteiger partial charge in [-0.2, -0.15) is 5.10 Å². The first-order valence-electron chi connectivity index (χ1n) is 10.8. The zero-order chi connectivity index (χ0) is 22.6. The molecule has 168 valence electrons. The Morgan fingerprint density at radius 2 is 1.94 bits per heavy atom. The van der Waals surface area contributed by atoms with Gasteiger partial charge in [-0.1, -0.05) is 47.1 Å². The molecule has 3 N–H and O–H groups in total. The van der Waals surface area contributed by atoms with Crippen LogP contribution in [0.4, 0.5) is 5.82 Å². The number of rotatable bonds is 3. The number of hydrogen-bond acceptors (Lipinski definition) is 7. The molecule has 1 aliphatic heterocycles. The van der Waals surface area contributed by atoms with E-state index in [0.717, 1.165) is 64.9 Å². The number of aromatic nitrogens is 5. The molecule has 0 radical (unpaired) electrons. The second-order valence-electron chi connectivity index (χ2n) is 8.68. The van der Waals surface area contributed by atoms with Crippen LogP contribution in [0, 0.1) is 5.41 Å². The van der Waals surface area contributed by atoms with Gasteiger partial charge in [0.1, 0.15) is 11.3 Å². The van der Waals surface area contributed by atoms with E-state index >= 15 is 0 Å². The van der Waals surface area contributed by atoms with Crippen molar-refractivity contribution in [3.05, 3.63) is 64.0 Å². The topological polar surface area (TPSA) is 96.6 Å². The minimum atomic E-state index is -0.0357. The highest BCUT2D eigenvalue weighted by Crippen LogP contribution is 2.50. The second-order valence-corrected chi connectivity index (χ2v) is 10.6. The van der Waals surface area contributed by atoms with Crippen LogP contribution in [0.3, 0.4) is 0 Å². The van der Waals surface area contributed by atoms with Crippen LogP contribution in [0.15, 0.2) is 52.6 Å². The summed E-state index contributed by atoms with van der Waals surface area (Å²) < 4.78 is 0. The lowest BCUT2D eigenvalue weighted by Gasteiger charge is -2.42. The highest BCUT2D eigenvalue weighted by molar-refractivity contribution is 7.99. The number of nitrogens with zero attached hydrogens (tertiary/aromatic N) is 5. The highest BCUT2D eigenvalue weighted by atomic mass is 35.5. The number of halogens is 2. The lowest BCUT2D eigenvalue weighted by Crippen LogP contribution is -2.44. The molecule has 4 aromatic rings. The van der Waals surface area contributed by atoms with Crippen LogP contribution in [-0.2, 0) is 6.42 Å². The van der Waals surface area contributed by atoms with Crippen LogP contribution in [-0.4, -0.2) is 38.2 Å².